The molecule has 162 valence electrons. The van der Waals surface area contributed by atoms with E-state index in [1.54, 1.807) is 42.5 Å². The van der Waals surface area contributed by atoms with Crippen molar-refractivity contribution in [2.45, 2.75) is 13.0 Å². The monoisotopic (exact) mass is 434 g/mol. The summed E-state index contributed by atoms with van der Waals surface area (Å²) in [6.07, 6.45) is 2.67. The second kappa shape index (κ2) is 10.0. The number of methoxy groups -OCH3 is 2. The number of nitrogens with zero attached hydrogens (tertiary/aromatic N) is 1. The molecule has 8 nitrogen and oxygen atoms in total. The van der Waals surface area contributed by atoms with E-state index in [4.69, 9.17) is 14.2 Å². The number of nitrogens with one attached hydrogen (secondary N) is 1. The van der Waals surface area contributed by atoms with Crippen LogP contribution in [-0.4, -0.2) is 47.4 Å². The van der Waals surface area contributed by atoms with Crippen molar-refractivity contribution in [3.05, 3.63) is 55.1 Å². The van der Waals surface area contributed by atoms with Crippen molar-refractivity contribution in [2.24, 2.45) is 0 Å². The second-order valence-electron chi connectivity index (χ2n) is 6.39. The van der Waals surface area contributed by atoms with E-state index in [-0.39, 0.29) is 5.69 Å². The van der Waals surface area contributed by atoms with Gasteiger partial charge in [0.05, 0.1) is 26.2 Å². The van der Waals surface area contributed by atoms with E-state index in [9.17, 15) is 13.2 Å². The Labute approximate surface area is 177 Å². The minimum Gasteiger partial charge on any atom is -0.493 e. The molecule has 0 aliphatic rings. The van der Waals surface area contributed by atoms with Crippen LogP contribution in [0.1, 0.15) is 6.92 Å². The van der Waals surface area contributed by atoms with E-state index in [1.165, 1.54) is 27.2 Å². The van der Waals surface area contributed by atoms with Crippen LogP contribution in [0.2, 0.25) is 0 Å². The lowest BCUT2D eigenvalue weighted by Crippen LogP contribution is -2.45. The molecule has 0 bridgehead atoms. The molecule has 0 spiro atoms. The third-order valence-electron chi connectivity index (χ3n) is 4.20. The van der Waals surface area contributed by atoms with E-state index >= 15 is 0 Å². The molecule has 1 atom stereocenters. The van der Waals surface area contributed by atoms with Gasteiger partial charge >= 0.3 is 0 Å². The zero-order valence-electron chi connectivity index (χ0n) is 17.4. The van der Waals surface area contributed by atoms with Gasteiger partial charge in [0, 0.05) is 11.8 Å². The number of amides is 1. The number of rotatable bonds is 10. The van der Waals surface area contributed by atoms with Gasteiger partial charge in [0.1, 0.15) is 18.4 Å². The first-order valence-electron chi connectivity index (χ1n) is 9.07. The standard InChI is InChI=1S/C21H26N2O6S/c1-6-13-29-18-10-7-16(8-11-18)22-21(24)15(2)23(30(5,25)26)17-9-12-19(27-3)20(14-17)28-4/h6-12,14-15H,1,13H2,2-5H3,(H,22,24). The van der Waals surface area contributed by atoms with E-state index < -0.39 is 22.0 Å². The maximum absolute atomic E-state index is 12.8. The second-order valence-corrected chi connectivity index (χ2v) is 8.25. The molecule has 0 aromatic heterocycles. The Hall–Kier alpha value is -3.20. The summed E-state index contributed by atoms with van der Waals surface area (Å²) in [5, 5.41) is 2.72. The Morgan fingerprint density at radius 1 is 1.13 bits per heavy atom. The van der Waals surface area contributed by atoms with Crippen molar-refractivity contribution in [3.8, 4) is 17.2 Å². The zero-order valence-corrected chi connectivity index (χ0v) is 18.2. The molecule has 1 unspecified atom stereocenters. The molecule has 0 aliphatic heterocycles. The van der Waals surface area contributed by atoms with Crippen LogP contribution < -0.4 is 23.8 Å². The Morgan fingerprint density at radius 2 is 1.77 bits per heavy atom. The number of sulfonamides is 1. The van der Waals surface area contributed by atoms with Crippen molar-refractivity contribution < 1.29 is 27.4 Å². The van der Waals surface area contributed by atoms with E-state index in [0.717, 1.165) is 10.6 Å². The summed E-state index contributed by atoms with van der Waals surface area (Å²) in [6.45, 7) is 5.46. The number of anilines is 2. The van der Waals surface area contributed by atoms with Gasteiger partial charge in [-0.1, -0.05) is 12.7 Å². The number of hydrogen-bond donors (Lipinski definition) is 1. The highest BCUT2D eigenvalue weighted by Crippen LogP contribution is 2.33. The number of hydrogen-bond acceptors (Lipinski definition) is 6. The molecule has 2 aromatic rings. The predicted octanol–water partition coefficient (Wildman–Crippen LogP) is 3.06. The molecular formula is C21H26N2O6S. The van der Waals surface area contributed by atoms with Crippen LogP contribution in [0.4, 0.5) is 11.4 Å². The number of ether oxygens (including phenoxy) is 3. The summed E-state index contributed by atoms with van der Waals surface area (Å²) in [5.41, 5.74) is 0.796. The molecule has 1 amide bonds. The van der Waals surface area contributed by atoms with E-state index in [1.807, 2.05) is 0 Å². The summed E-state index contributed by atoms with van der Waals surface area (Å²) in [4.78, 5) is 12.8. The summed E-state index contributed by atoms with van der Waals surface area (Å²) in [7, 11) is -0.838. The molecule has 2 aromatic carbocycles. The number of carbonyl (C=O) groups is 1. The van der Waals surface area contributed by atoms with Gasteiger partial charge in [-0.25, -0.2) is 8.42 Å². The molecule has 1 N–H and O–H groups in total. The van der Waals surface area contributed by atoms with Gasteiger partial charge in [-0.3, -0.25) is 9.10 Å². The minimum atomic E-state index is -3.77. The molecule has 9 heteroatoms. The molecule has 30 heavy (non-hydrogen) atoms. The molecule has 0 heterocycles. The Bertz CT molecular complexity index is 989. The maximum Gasteiger partial charge on any atom is 0.247 e. The van der Waals surface area contributed by atoms with Gasteiger partial charge in [-0.15, -0.1) is 0 Å². The average Bonchev–Trinajstić information content (AvgIpc) is 2.72. The molecule has 0 radical (unpaired) electrons. The van der Waals surface area contributed by atoms with Crippen molar-refractivity contribution in [1.82, 2.24) is 0 Å². The minimum absolute atomic E-state index is 0.283. The summed E-state index contributed by atoms with van der Waals surface area (Å²) in [6, 6.07) is 10.4. The molecule has 0 aliphatic carbocycles. The Morgan fingerprint density at radius 3 is 2.30 bits per heavy atom. The lowest BCUT2D eigenvalue weighted by molar-refractivity contribution is -0.116. The highest BCUT2D eigenvalue weighted by molar-refractivity contribution is 7.92. The van der Waals surface area contributed by atoms with Crippen LogP contribution in [0.5, 0.6) is 17.2 Å². The lowest BCUT2D eigenvalue weighted by atomic mass is 10.2. The largest absolute Gasteiger partial charge is 0.493 e. The van der Waals surface area contributed by atoms with Crippen LogP contribution in [0.3, 0.4) is 0 Å². The first-order valence-corrected chi connectivity index (χ1v) is 10.9. The summed E-state index contributed by atoms with van der Waals surface area (Å²) >= 11 is 0. The lowest BCUT2D eigenvalue weighted by Gasteiger charge is -2.28. The molecule has 0 saturated carbocycles. The van der Waals surface area contributed by atoms with Crippen LogP contribution in [-0.2, 0) is 14.8 Å². The van der Waals surface area contributed by atoms with Gasteiger partial charge in [0.25, 0.3) is 0 Å². The Kier molecular flexibility index (Phi) is 7.71. The van der Waals surface area contributed by atoms with Crippen molar-refractivity contribution in [1.29, 1.82) is 0 Å². The summed E-state index contributed by atoms with van der Waals surface area (Å²) < 4.78 is 41.8. The molecule has 0 saturated heterocycles. The van der Waals surface area contributed by atoms with E-state index in [0.29, 0.717) is 29.5 Å². The van der Waals surface area contributed by atoms with Gasteiger partial charge < -0.3 is 19.5 Å². The SMILES string of the molecule is C=CCOc1ccc(NC(=O)C(C)N(c2ccc(OC)c(OC)c2)S(C)(=O)=O)cc1. The molecule has 0 fully saturated rings. The van der Waals surface area contributed by atoms with Crippen LogP contribution in [0, 0.1) is 0 Å². The Balaban J connectivity index is 2.26. The fraction of sp³-hybridized carbons (Fsp3) is 0.286. The van der Waals surface area contributed by atoms with Crippen LogP contribution in [0.15, 0.2) is 55.1 Å². The first kappa shape index (κ1) is 23.1. The topological polar surface area (TPSA) is 94.2 Å². The third kappa shape index (κ3) is 5.66. The highest BCUT2D eigenvalue weighted by atomic mass is 32.2. The first-order chi connectivity index (χ1) is 14.2. The van der Waals surface area contributed by atoms with Crippen molar-refractivity contribution >= 4 is 27.3 Å². The summed E-state index contributed by atoms with van der Waals surface area (Å²) in [5.74, 6) is 0.941. The quantitative estimate of drug-likeness (QED) is 0.578. The number of benzene rings is 2. The average molecular weight is 435 g/mol. The highest BCUT2D eigenvalue weighted by Gasteiger charge is 2.30. The van der Waals surface area contributed by atoms with Gasteiger partial charge in [0.2, 0.25) is 15.9 Å². The van der Waals surface area contributed by atoms with Gasteiger partial charge in [-0.2, -0.15) is 0 Å². The van der Waals surface area contributed by atoms with Gasteiger partial charge in [-0.05, 0) is 43.3 Å². The zero-order chi connectivity index (χ0) is 22.3. The maximum atomic E-state index is 12.8. The fourth-order valence-electron chi connectivity index (χ4n) is 2.81. The van der Waals surface area contributed by atoms with Crippen molar-refractivity contribution in [2.75, 3.05) is 36.7 Å². The number of carbonyl (C=O) groups excluding carboxylic acids is 1. The third-order valence-corrected chi connectivity index (χ3v) is 5.44. The molecule has 2 rings (SSSR count). The van der Waals surface area contributed by atoms with E-state index in [2.05, 4.69) is 11.9 Å². The normalized spacial score (nSPS) is 11.9. The van der Waals surface area contributed by atoms with Crippen LogP contribution >= 0.6 is 0 Å². The molecular weight excluding hydrogens is 408 g/mol. The smallest absolute Gasteiger partial charge is 0.247 e. The van der Waals surface area contributed by atoms with Crippen LogP contribution in [0.25, 0.3) is 0 Å². The van der Waals surface area contributed by atoms with Gasteiger partial charge in [0.15, 0.2) is 11.5 Å². The van der Waals surface area contributed by atoms with Crippen molar-refractivity contribution in [3.63, 3.8) is 0 Å². The predicted molar refractivity (Wildman–Crippen MR) is 117 cm³/mol. The fourth-order valence-corrected chi connectivity index (χ4v) is 3.97.